The van der Waals surface area contributed by atoms with Gasteiger partial charge in [0.15, 0.2) is 0 Å². The maximum Gasteiger partial charge on any atom is 0.139 e. The van der Waals surface area contributed by atoms with Gasteiger partial charge in [0.1, 0.15) is 44.7 Å². The quantitative estimate of drug-likeness (QED) is 0.107. The molecule has 0 aliphatic heterocycles. The number of anilines is 12. The number of para-hydroxylation sites is 3. The van der Waals surface area contributed by atoms with E-state index in [1.54, 1.807) is 0 Å². The molecule has 0 aliphatic rings. The van der Waals surface area contributed by atoms with E-state index >= 15 is 0 Å². The predicted molar refractivity (Wildman–Crippen MR) is 506 cm³/mol. The second kappa shape index (κ2) is 27.8. The van der Waals surface area contributed by atoms with Crippen molar-refractivity contribution < 1.29 is 17.7 Å². The third-order valence-corrected chi connectivity index (χ3v) is 25.2. The number of furan rings is 4. The molecule has 120 heavy (non-hydrogen) atoms. The summed E-state index contributed by atoms with van der Waals surface area (Å²) >= 11 is 0. The highest BCUT2D eigenvalue weighted by Gasteiger charge is 2.26. The topological polar surface area (TPSA) is 65.5 Å². The van der Waals surface area contributed by atoms with Crippen LogP contribution in [0.4, 0.5) is 68.2 Å². The molecule has 0 saturated heterocycles. The number of benzene rings is 18. The normalized spacial score (nSPS) is 12.0. The molecule has 0 aliphatic carbocycles. The van der Waals surface area contributed by atoms with Crippen LogP contribution in [-0.4, -0.2) is 0 Å². The minimum absolute atomic E-state index is 0.743. The molecule has 8 heteroatoms. The van der Waals surface area contributed by atoms with E-state index in [1.807, 2.05) is 0 Å². The Kier molecular flexibility index (Phi) is 16.7. The summed E-state index contributed by atoms with van der Waals surface area (Å²) in [6.45, 7) is 24.2. The fraction of sp³-hybridized carbons (Fsp3) is 0.107. The van der Waals surface area contributed by atoms with Gasteiger partial charge in [0.25, 0.3) is 0 Å². The molecule has 0 unspecified atom stereocenters. The molecule has 0 atom stereocenters. The lowest BCUT2D eigenvalue weighted by molar-refractivity contribution is 0.656. The second-order valence-corrected chi connectivity index (χ2v) is 33.6. The van der Waals surface area contributed by atoms with Gasteiger partial charge in [-0.2, -0.15) is 0 Å². The van der Waals surface area contributed by atoms with Crippen LogP contribution in [0.5, 0.6) is 0 Å². The minimum Gasteiger partial charge on any atom is -0.456 e. The van der Waals surface area contributed by atoms with Crippen molar-refractivity contribution >= 4 is 199 Å². The molecule has 18 aromatic carbocycles. The standard InChI is InChI=1S/C112H86N4O4/c1-64-24-27-70(7)101(42-64)115(102-43-65(2)25-28-71(102)8)87-39-35-79-54-91-95-61-96-92-55-80-36-40-88(51-84(80)59-108(92)120-112(96)63-111(95)119-107(91)58-83(79)50-87)116(103-44-66(3)26-29-72(103)9)104-47-76(31-30-73(104)10)46-75-32-41-100(74(11)45-75)114(99-23-17-14-20-69(99)6)86-38-34-78-53-90-94-60-93-89-52-77-33-37-85(113(97-21-15-12-18-67(97)4)98-22-16-13-19-68(98)5)48-81(77)56-105(89)117-109(93)62-110(94)118-106(90)57-82(78)49-86/h12-45,47-63H,46H2,1-11H3. The molecule has 0 amide bonds. The van der Waals surface area contributed by atoms with Gasteiger partial charge in [0, 0.05) is 123 Å². The SMILES string of the molecule is Cc1ccc(C)c(N(c2ccc3cc4c(cc3c2)oc2cc3oc5cc6cc(N(c7cc(C)ccc7C)c7cc(Cc8ccc(N(c9ccc%10cc%11c(cc%10c9)oc9cc%10oc%12cc%13cc(N(c%14ccccc%14C)c%14ccccc%14C)ccc%13cc%12c%10cc9%11)c9ccccc9C)c(C)c8)ccc7C)ccc6cc5c3cc24)c2cc(C)ccc2C)c1. The van der Waals surface area contributed by atoms with Crippen molar-refractivity contribution in [2.45, 2.75) is 82.6 Å². The number of rotatable bonds is 14. The highest BCUT2D eigenvalue weighted by Crippen LogP contribution is 2.50. The first kappa shape index (κ1) is 71.9. The van der Waals surface area contributed by atoms with Gasteiger partial charge < -0.3 is 37.3 Å². The Bertz CT molecular complexity index is 7990. The van der Waals surface area contributed by atoms with Gasteiger partial charge in [0.05, 0.1) is 0 Å². The Morgan fingerprint density at radius 1 is 0.175 bits per heavy atom. The Labute approximate surface area is 696 Å². The van der Waals surface area contributed by atoms with Gasteiger partial charge in [-0.25, -0.2) is 0 Å². The molecular formula is C112H86N4O4. The Morgan fingerprint density at radius 2 is 0.433 bits per heavy atom. The molecule has 0 N–H and O–H groups in total. The lowest BCUT2D eigenvalue weighted by Crippen LogP contribution is -2.13. The van der Waals surface area contributed by atoms with Crippen molar-refractivity contribution in [1.82, 2.24) is 0 Å². The molecule has 0 radical (unpaired) electrons. The van der Waals surface area contributed by atoms with Crippen molar-refractivity contribution in [2.75, 3.05) is 19.6 Å². The first-order chi connectivity index (χ1) is 58.4. The van der Waals surface area contributed by atoms with Crippen molar-refractivity contribution in [3.05, 3.63) is 382 Å². The second-order valence-electron chi connectivity index (χ2n) is 33.6. The van der Waals surface area contributed by atoms with Crippen molar-refractivity contribution in [3.63, 3.8) is 0 Å². The highest BCUT2D eigenvalue weighted by molar-refractivity contribution is 6.21. The van der Waals surface area contributed by atoms with Crippen LogP contribution in [0.25, 0.3) is 131 Å². The molecule has 0 spiro atoms. The Hall–Kier alpha value is -14.6. The summed E-state index contributed by atoms with van der Waals surface area (Å²) in [5.41, 5.74) is 35.7. The van der Waals surface area contributed by atoms with E-state index in [1.165, 1.54) is 83.7 Å². The minimum atomic E-state index is 0.743. The first-order valence-corrected chi connectivity index (χ1v) is 41.6. The van der Waals surface area contributed by atoms with E-state index in [-0.39, 0.29) is 0 Å². The van der Waals surface area contributed by atoms with Gasteiger partial charge >= 0.3 is 0 Å². The van der Waals surface area contributed by atoms with Crippen molar-refractivity contribution in [2.24, 2.45) is 0 Å². The lowest BCUT2D eigenvalue weighted by atomic mass is 9.98. The highest BCUT2D eigenvalue weighted by atomic mass is 16.4. The molecule has 8 nitrogen and oxygen atoms in total. The zero-order chi connectivity index (χ0) is 81.2. The van der Waals surface area contributed by atoms with Crippen molar-refractivity contribution in [3.8, 4) is 0 Å². The summed E-state index contributed by atoms with van der Waals surface area (Å²) in [6.07, 6.45) is 0.743. The third kappa shape index (κ3) is 12.1. The largest absolute Gasteiger partial charge is 0.456 e. The number of fused-ring (bicyclic) bond motifs is 16. The van der Waals surface area contributed by atoms with Gasteiger partial charge in [-0.1, -0.05) is 140 Å². The summed E-state index contributed by atoms with van der Waals surface area (Å²) in [5.74, 6) is 0. The molecule has 22 rings (SSSR count). The molecular weight excluding hydrogens is 1470 g/mol. The van der Waals surface area contributed by atoms with Gasteiger partial charge in [0.2, 0.25) is 0 Å². The lowest BCUT2D eigenvalue weighted by Gasteiger charge is -2.30. The van der Waals surface area contributed by atoms with E-state index in [0.717, 1.165) is 194 Å². The van der Waals surface area contributed by atoms with Crippen LogP contribution in [0.15, 0.2) is 327 Å². The molecule has 578 valence electrons. The third-order valence-electron chi connectivity index (χ3n) is 25.2. The van der Waals surface area contributed by atoms with Crippen LogP contribution in [-0.2, 0) is 6.42 Å². The molecule has 0 fully saturated rings. The average Bonchev–Trinajstić information content (AvgIpc) is 1.63. The van der Waals surface area contributed by atoms with Gasteiger partial charge in [-0.05, 0) is 356 Å². The average molecular weight is 1550 g/mol. The van der Waals surface area contributed by atoms with E-state index in [0.29, 0.717) is 0 Å². The molecule has 0 saturated carbocycles. The fourth-order valence-corrected chi connectivity index (χ4v) is 18.8. The Morgan fingerprint density at radius 3 is 0.758 bits per heavy atom. The predicted octanol–water partition coefficient (Wildman–Crippen LogP) is 32.8. The number of hydrogen-bond donors (Lipinski definition) is 0. The number of hydrogen-bond acceptors (Lipinski definition) is 8. The maximum atomic E-state index is 6.87. The van der Waals surface area contributed by atoms with Crippen LogP contribution in [0, 0.1) is 76.2 Å². The maximum absolute atomic E-state index is 6.87. The molecule has 0 bridgehead atoms. The van der Waals surface area contributed by atoms with Gasteiger partial charge in [-0.3, -0.25) is 0 Å². The number of aryl methyl sites for hydroxylation is 11. The summed E-state index contributed by atoms with van der Waals surface area (Å²) in [6, 6.07) is 114. The molecule has 22 aromatic rings. The summed E-state index contributed by atoms with van der Waals surface area (Å²) in [7, 11) is 0. The smallest absolute Gasteiger partial charge is 0.139 e. The fourth-order valence-electron chi connectivity index (χ4n) is 18.8. The first-order valence-electron chi connectivity index (χ1n) is 41.6. The van der Waals surface area contributed by atoms with Gasteiger partial charge in [-0.15, -0.1) is 0 Å². The van der Waals surface area contributed by atoms with Crippen LogP contribution in [0.3, 0.4) is 0 Å². The number of nitrogens with zero attached hydrogens (tertiary/aromatic N) is 4. The zero-order valence-corrected chi connectivity index (χ0v) is 69.1. The summed E-state index contributed by atoms with van der Waals surface area (Å²) in [4.78, 5) is 9.66. The summed E-state index contributed by atoms with van der Waals surface area (Å²) < 4.78 is 27.3. The van der Waals surface area contributed by atoms with E-state index in [2.05, 4.69) is 405 Å². The van der Waals surface area contributed by atoms with E-state index in [4.69, 9.17) is 17.7 Å². The van der Waals surface area contributed by atoms with Crippen molar-refractivity contribution in [1.29, 1.82) is 0 Å². The van der Waals surface area contributed by atoms with Crippen LogP contribution >= 0.6 is 0 Å². The van der Waals surface area contributed by atoms with Crippen LogP contribution in [0.2, 0.25) is 0 Å². The molecule has 4 heterocycles. The monoisotopic (exact) mass is 1550 g/mol. The Balaban J connectivity index is 0.561. The van der Waals surface area contributed by atoms with Crippen LogP contribution < -0.4 is 19.6 Å². The van der Waals surface area contributed by atoms with E-state index in [9.17, 15) is 0 Å². The zero-order valence-electron chi connectivity index (χ0n) is 69.1. The van der Waals surface area contributed by atoms with Crippen LogP contribution in [0.1, 0.15) is 72.3 Å². The summed E-state index contributed by atoms with van der Waals surface area (Å²) in [5, 5.41) is 17.5. The molecule has 4 aromatic heterocycles. The van der Waals surface area contributed by atoms with E-state index < -0.39 is 0 Å².